The number of ether oxygens (including phenoxy) is 1. The van der Waals surface area contributed by atoms with Gasteiger partial charge in [0.2, 0.25) is 0 Å². The van der Waals surface area contributed by atoms with E-state index in [0.717, 1.165) is 105 Å². The zero-order chi connectivity index (χ0) is 87.0. The Labute approximate surface area is 730 Å². The molecule has 624 valence electrons. The van der Waals surface area contributed by atoms with E-state index in [2.05, 4.69) is 47.8 Å². The fourth-order valence-electron chi connectivity index (χ4n) is 12.8. The van der Waals surface area contributed by atoms with Crippen molar-refractivity contribution in [2.24, 2.45) is 0 Å². The summed E-state index contributed by atoms with van der Waals surface area (Å²) >= 11 is 10.3. The molecule has 0 radical (unpaired) electrons. The molecule has 0 saturated carbocycles. The van der Waals surface area contributed by atoms with Crippen LogP contribution in [0.3, 0.4) is 0 Å². The lowest BCUT2D eigenvalue weighted by molar-refractivity contribution is -0.119. The molecule has 0 aliphatic carbocycles. The fraction of sp³-hybridized carbons (Fsp3) is 0.243. The molecule has 0 saturated heterocycles. The number of rotatable bonds is 31. The summed E-state index contributed by atoms with van der Waals surface area (Å²) in [5.74, 6) is 2.49. The normalized spacial score (nSPS) is 10.5. The lowest BCUT2D eigenvalue weighted by Gasteiger charge is -2.06. The standard InChI is InChI=1S/C18H20O3.3C17H17BrO2.C17H17FO2.C17H18O2/c1-13-3-10-18(20)15(11-13)12-16(19)7-4-14-5-8-17(21-2)9-6-14;1-12-2-9-17(20)14(10-12)11-16(19)8-5-13-3-6-15(18)7-4-13;1-12-5-8-17(20)14(9-12)11-16(19)7-6-13-3-2-4-15(18)10-13;1-12-6-9-17(20)14(10-12)11-15(19)8-7-13-4-2-3-5-16(13)18;1-12-2-9-17(20)14(10-12)11-16(19)8-5-13-3-6-15(18)7-4-13;1-13-7-10-17(19)15(11-13)12-16(18)9-8-14-5-3-2-4-6-14/h3,5-6,8-11,20H,4,7,12H2,1-2H3;2-4,6-7,9-10,20H,5,8,11H2,1H3;2-5,8-10,20H,6-7,11H2,1H3;2-6,9-10,20H,7-8,11H2,1H3;2-4,6-7,9-10,20H,5,8,11H2,1H3;2-7,10-11,19H,8-9,12H2,1H3. The highest BCUT2D eigenvalue weighted by atomic mass is 79.9. The Kier molecular flexibility index (Phi) is 40.3. The van der Waals surface area contributed by atoms with Gasteiger partial charge < -0.3 is 35.4 Å². The number of benzene rings is 12. The van der Waals surface area contributed by atoms with E-state index >= 15 is 0 Å². The summed E-state index contributed by atoms with van der Waals surface area (Å²) in [6.45, 7) is 11.7. The van der Waals surface area contributed by atoms with Gasteiger partial charge in [0.05, 0.1) is 7.11 Å². The number of aryl methyl sites for hydroxylation is 12. The Morgan fingerprint density at radius 2 is 0.533 bits per heavy atom. The van der Waals surface area contributed by atoms with Gasteiger partial charge in [0, 0.05) is 124 Å². The van der Waals surface area contributed by atoms with Gasteiger partial charge in [0.1, 0.15) is 80.8 Å². The molecule has 12 aromatic carbocycles. The van der Waals surface area contributed by atoms with Crippen LogP contribution >= 0.6 is 47.8 Å². The first-order chi connectivity index (χ1) is 57.4. The molecule has 0 aromatic heterocycles. The van der Waals surface area contributed by atoms with E-state index in [1.54, 1.807) is 55.6 Å². The number of carbonyl (C=O) groups excluding carboxylic acids is 6. The number of hydrogen-bond donors (Lipinski definition) is 6. The van der Waals surface area contributed by atoms with E-state index in [1.165, 1.54) is 17.7 Å². The predicted molar refractivity (Wildman–Crippen MR) is 488 cm³/mol. The number of Topliss-reactive ketones (excluding diaryl/α,β-unsaturated/α-hetero) is 6. The number of phenolic OH excluding ortho intramolecular Hbond substituents is 6. The van der Waals surface area contributed by atoms with Crippen molar-refractivity contribution in [3.05, 3.63) is 380 Å². The van der Waals surface area contributed by atoms with Crippen molar-refractivity contribution >= 4 is 82.5 Å². The first-order valence-corrected chi connectivity index (χ1v) is 42.3. The van der Waals surface area contributed by atoms with Crippen LogP contribution in [0.2, 0.25) is 0 Å². The summed E-state index contributed by atoms with van der Waals surface area (Å²) in [5, 5.41) is 58.4. The average molecular weight is 1810 g/mol. The van der Waals surface area contributed by atoms with Crippen LogP contribution in [0.15, 0.2) is 274 Å². The zero-order valence-corrected chi connectivity index (χ0v) is 73.9. The lowest BCUT2D eigenvalue weighted by atomic mass is 10.0. The molecule has 13 nitrogen and oxygen atoms in total. The number of ketones is 6. The minimum Gasteiger partial charge on any atom is -0.508 e. The molecule has 0 spiro atoms. The van der Waals surface area contributed by atoms with Gasteiger partial charge in [-0.2, -0.15) is 0 Å². The quantitative estimate of drug-likeness (QED) is 0.0238. The molecule has 0 unspecified atom stereocenters. The molecule has 17 heteroatoms. The molecule has 0 atom stereocenters. The van der Waals surface area contributed by atoms with Crippen molar-refractivity contribution < 1.29 is 68.5 Å². The Morgan fingerprint density at radius 3 is 0.842 bits per heavy atom. The van der Waals surface area contributed by atoms with Gasteiger partial charge in [0.15, 0.2) is 0 Å². The summed E-state index contributed by atoms with van der Waals surface area (Å²) in [4.78, 5) is 71.9. The van der Waals surface area contributed by atoms with Crippen molar-refractivity contribution in [2.45, 2.75) is 157 Å². The van der Waals surface area contributed by atoms with Crippen LogP contribution in [0.25, 0.3) is 0 Å². The van der Waals surface area contributed by atoms with Crippen LogP contribution in [0.4, 0.5) is 4.39 Å². The molecule has 0 aliphatic heterocycles. The Hall–Kier alpha value is -11.4. The summed E-state index contributed by atoms with van der Waals surface area (Å²) in [6.07, 6.45) is 8.76. The number of aromatic hydroxyl groups is 6. The van der Waals surface area contributed by atoms with Gasteiger partial charge in [-0.25, -0.2) is 4.39 Å². The van der Waals surface area contributed by atoms with Crippen LogP contribution in [-0.4, -0.2) is 72.4 Å². The van der Waals surface area contributed by atoms with Crippen molar-refractivity contribution in [3.8, 4) is 40.2 Å². The number of halogens is 4. The Morgan fingerprint density at radius 1 is 0.267 bits per heavy atom. The summed E-state index contributed by atoms with van der Waals surface area (Å²) in [6, 6.07) is 79.7. The Bertz CT molecular complexity index is 5230. The highest BCUT2D eigenvalue weighted by Gasteiger charge is 2.16. The van der Waals surface area contributed by atoms with E-state index in [9.17, 15) is 63.8 Å². The Balaban J connectivity index is 0.000000198. The molecule has 0 amide bonds. The first kappa shape index (κ1) is 95.8. The predicted octanol–water partition coefficient (Wildman–Crippen LogP) is 23.1. The molecular weight excluding hydrogens is 1700 g/mol. The van der Waals surface area contributed by atoms with E-state index in [-0.39, 0.29) is 94.3 Å². The van der Waals surface area contributed by atoms with E-state index < -0.39 is 0 Å². The molecule has 12 rings (SSSR count). The maximum absolute atomic E-state index is 12.8. The van der Waals surface area contributed by atoms with Crippen LogP contribution in [0, 0.1) is 47.4 Å². The van der Waals surface area contributed by atoms with Crippen molar-refractivity contribution in [2.75, 3.05) is 7.11 Å². The van der Waals surface area contributed by atoms with E-state index in [4.69, 9.17) is 4.74 Å². The highest BCUT2D eigenvalue weighted by molar-refractivity contribution is 9.11. The summed E-state index contributed by atoms with van der Waals surface area (Å²) < 4.78 is 21.0. The van der Waals surface area contributed by atoms with Gasteiger partial charge in [-0.05, 0) is 204 Å². The molecule has 0 heterocycles. The van der Waals surface area contributed by atoms with Crippen molar-refractivity contribution in [1.29, 1.82) is 0 Å². The average Bonchev–Trinajstić information content (AvgIpc) is 0.881. The summed E-state index contributed by atoms with van der Waals surface area (Å²) in [5.41, 5.74) is 17.1. The second-order valence-corrected chi connectivity index (χ2v) is 32.6. The maximum atomic E-state index is 12.8. The summed E-state index contributed by atoms with van der Waals surface area (Å²) in [7, 11) is 1.63. The SMILES string of the molecule is COc1ccc(CCC(=O)Cc2cc(C)ccc2O)cc1.Cc1ccc(O)c(CC(=O)CCc2ccc(Br)cc2)c1.Cc1ccc(O)c(CC(=O)CCc2ccc(F)cc2)c1.Cc1ccc(O)c(CC(=O)CCc2cccc(Br)c2)c1.Cc1ccc(O)c(CC(=O)CCc2ccccc2)c1.Cc1ccc(O)c(CC(=O)CCc2ccccc2Br)c1. The fourth-order valence-corrected chi connectivity index (χ4v) is 14.0. The van der Waals surface area contributed by atoms with E-state index in [1.807, 2.05) is 242 Å². The van der Waals surface area contributed by atoms with Gasteiger partial charge in [-0.1, -0.05) is 251 Å². The number of phenols is 6. The molecule has 120 heavy (non-hydrogen) atoms. The van der Waals surface area contributed by atoms with Crippen LogP contribution in [0.1, 0.15) is 139 Å². The number of carbonyl (C=O) groups is 6. The third kappa shape index (κ3) is 36.1. The minimum absolute atomic E-state index is 0.0650. The molecule has 0 bridgehead atoms. The number of methoxy groups -OCH3 is 1. The third-order valence-electron chi connectivity index (χ3n) is 19.5. The van der Waals surface area contributed by atoms with E-state index in [0.29, 0.717) is 105 Å². The van der Waals surface area contributed by atoms with Crippen molar-refractivity contribution in [1.82, 2.24) is 0 Å². The topological polar surface area (TPSA) is 233 Å². The highest BCUT2D eigenvalue weighted by Crippen LogP contribution is 2.28. The zero-order valence-electron chi connectivity index (χ0n) is 69.1. The maximum Gasteiger partial charge on any atom is 0.137 e. The lowest BCUT2D eigenvalue weighted by Crippen LogP contribution is -2.05. The second-order valence-electron chi connectivity index (χ2n) is 29.9. The largest absolute Gasteiger partial charge is 0.508 e. The van der Waals surface area contributed by atoms with Crippen LogP contribution in [0.5, 0.6) is 40.2 Å². The first-order valence-electron chi connectivity index (χ1n) is 39.9. The monoisotopic (exact) mass is 1810 g/mol. The van der Waals surface area contributed by atoms with Crippen LogP contribution in [-0.2, 0) is 106 Å². The smallest absolute Gasteiger partial charge is 0.137 e. The molecule has 6 N–H and O–H groups in total. The second kappa shape index (κ2) is 50.5. The van der Waals surface area contributed by atoms with Gasteiger partial charge in [0.25, 0.3) is 0 Å². The number of hydrogen-bond acceptors (Lipinski definition) is 13. The molecule has 12 aromatic rings. The molecular formula is C103H106Br3FO13. The third-order valence-corrected chi connectivity index (χ3v) is 21.3. The van der Waals surface area contributed by atoms with Gasteiger partial charge in [-0.3, -0.25) is 28.8 Å². The minimum atomic E-state index is -0.273. The van der Waals surface area contributed by atoms with Gasteiger partial charge >= 0.3 is 0 Å². The molecule has 0 aliphatic rings. The van der Waals surface area contributed by atoms with Gasteiger partial charge in [-0.15, -0.1) is 0 Å². The van der Waals surface area contributed by atoms with Crippen LogP contribution < -0.4 is 4.74 Å². The molecule has 0 fully saturated rings. The van der Waals surface area contributed by atoms with Crippen molar-refractivity contribution in [3.63, 3.8) is 0 Å².